The first-order chi connectivity index (χ1) is 6.67. The Balaban J connectivity index is 4.22. The summed E-state index contributed by atoms with van der Waals surface area (Å²) in [6, 6.07) is 0. The summed E-state index contributed by atoms with van der Waals surface area (Å²) in [6.07, 6.45) is 2.23. The molecule has 0 spiro atoms. The minimum atomic E-state index is -3.21. The fourth-order valence-electron chi connectivity index (χ4n) is 0.966. The average molecular weight is 258 g/mol. The summed E-state index contributed by atoms with van der Waals surface area (Å²) in [5.41, 5.74) is 0. The van der Waals surface area contributed by atoms with E-state index in [2.05, 4.69) is 10.6 Å². The number of hydrogen-bond donors (Lipinski definition) is 2. The highest BCUT2D eigenvalue weighted by Gasteiger charge is 2.19. The number of sulfone groups is 2. The molecule has 1 atom stereocenters. The Morgan fingerprint density at radius 3 is 2.00 bits per heavy atom. The van der Waals surface area contributed by atoms with Gasteiger partial charge in [0, 0.05) is 25.6 Å². The van der Waals surface area contributed by atoms with E-state index in [0.29, 0.717) is 0 Å². The summed E-state index contributed by atoms with van der Waals surface area (Å²) in [5, 5.41) is 4.67. The molecule has 0 bridgehead atoms. The minimum Gasteiger partial charge on any atom is -0.317 e. The van der Waals surface area contributed by atoms with Crippen LogP contribution < -0.4 is 10.6 Å². The molecule has 8 heteroatoms. The van der Waals surface area contributed by atoms with Gasteiger partial charge in [0.15, 0.2) is 9.84 Å². The molecule has 0 radical (unpaired) electrons. The Bertz CT molecular complexity index is 374. The van der Waals surface area contributed by atoms with Crippen molar-refractivity contribution in [1.82, 2.24) is 10.6 Å². The highest BCUT2D eigenvalue weighted by atomic mass is 32.2. The molecule has 0 aliphatic heterocycles. The maximum atomic E-state index is 11.2. The van der Waals surface area contributed by atoms with Crippen molar-refractivity contribution in [3.63, 3.8) is 0 Å². The first-order valence-electron chi connectivity index (χ1n) is 4.41. The normalized spacial score (nSPS) is 15.1. The summed E-state index contributed by atoms with van der Waals surface area (Å²) >= 11 is 0. The van der Waals surface area contributed by atoms with Crippen LogP contribution in [-0.4, -0.2) is 60.6 Å². The third-order valence-corrected chi connectivity index (χ3v) is 4.06. The Morgan fingerprint density at radius 1 is 1.13 bits per heavy atom. The molecular formula is C7H18N2O4S2. The molecule has 0 aromatic rings. The maximum Gasteiger partial charge on any atom is 0.164 e. The average Bonchev–Trinajstić information content (AvgIpc) is 1.98. The van der Waals surface area contributed by atoms with E-state index in [-0.39, 0.29) is 18.8 Å². The molecule has 0 fully saturated rings. The van der Waals surface area contributed by atoms with Gasteiger partial charge in [0.1, 0.15) is 15.2 Å². The quantitative estimate of drug-likeness (QED) is 0.560. The van der Waals surface area contributed by atoms with Gasteiger partial charge >= 0.3 is 0 Å². The van der Waals surface area contributed by atoms with Crippen LogP contribution in [0.2, 0.25) is 0 Å². The molecule has 0 aliphatic carbocycles. The van der Waals surface area contributed by atoms with Gasteiger partial charge in [0.2, 0.25) is 0 Å². The fraction of sp³-hybridized carbons (Fsp3) is 1.00. The van der Waals surface area contributed by atoms with Crippen molar-refractivity contribution in [3.8, 4) is 0 Å². The SMILES string of the molecule is CNCC(NCCS(C)(=O)=O)S(C)(=O)=O. The molecule has 92 valence electrons. The highest BCUT2D eigenvalue weighted by Crippen LogP contribution is 1.93. The van der Waals surface area contributed by atoms with Crippen LogP contribution in [-0.2, 0) is 19.7 Å². The lowest BCUT2D eigenvalue weighted by Gasteiger charge is -2.15. The van der Waals surface area contributed by atoms with Crippen LogP contribution in [0.3, 0.4) is 0 Å². The van der Waals surface area contributed by atoms with E-state index in [9.17, 15) is 16.8 Å². The molecule has 1 unspecified atom stereocenters. The van der Waals surface area contributed by atoms with E-state index in [4.69, 9.17) is 0 Å². The Hall–Kier alpha value is -0.180. The van der Waals surface area contributed by atoms with E-state index in [1.54, 1.807) is 7.05 Å². The summed E-state index contributed by atoms with van der Waals surface area (Å²) in [4.78, 5) is 0. The second kappa shape index (κ2) is 5.78. The first kappa shape index (κ1) is 14.8. The largest absolute Gasteiger partial charge is 0.317 e. The highest BCUT2D eigenvalue weighted by molar-refractivity contribution is 7.91. The van der Waals surface area contributed by atoms with Gasteiger partial charge in [0.05, 0.1) is 5.75 Å². The molecule has 0 saturated heterocycles. The topological polar surface area (TPSA) is 92.3 Å². The monoisotopic (exact) mass is 258 g/mol. The molecule has 0 rings (SSSR count). The van der Waals surface area contributed by atoms with Gasteiger partial charge in [-0.15, -0.1) is 0 Å². The summed E-state index contributed by atoms with van der Waals surface area (Å²) < 4.78 is 44.1. The first-order valence-corrected chi connectivity index (χ1v) is 8.43. The molecule has 0 aliphatic rings. The molecule has 0 amide bonds. The summed E-state index contributed by atoms with van der Waals surface area (Å²) in [7, 11) is -4.64. The van der Waals surface area contributed by atoms with Crippen molar-refractivity contribution >= 4 is 19.7 Å². The van der Waals surface area contributed by atoms with E-state index >= 15 is 0 Å². The van der Waals surface area contributed by atoms with Crippen LogP contribution >= 0.6 is 0 Å². The van der Waals surface area contributed by atoms with Gasteiger partial charge in [-0.05, 0) is 7.05 Å². The second-order valence-corrected chi connectivity index (χ2v) is 7.95. The molecule has 0 aromatic carbocycles. The van der Waals surface area contributed by atoms with Gasteiger partial charge in [-0.3, -0.25) is 5.32 Å². The second-order valence-electron chi connectivity index (χ2n) is 3.46. The lowest BCUT2D eigenvalue weighted by atomic mass is 10.6. The molecule has 15 heavy (non-hydrogen) atoms. The minimum absolute atomic E-state index is 0.0667. The van der Waals surface area contributed by atoms with Crippen LogP contribution in [0.5, 0.6) is 0 Å². The smallest absolute Gasteiger partial charge is 0.164 e. The van der Waals surface area contributed by atoms with Gasteiger partial charge in [-0.2, -0.15) is 0 Å². The van der Waals surface area contributed by atoms with Crippen molar-refractivity contribution in [2.45, 2.75) is 5.37 Å². The predicted octanol–water partition coefficient (Wildman–Crippen LogP) is -1.79. The number of hydrogen-bond acceptors (Lipinski definition) is 6. The third-order valence-electron chi connectivity index (χ3n) is 1.75. The van der Waals surface area contributed by atoms with Crippen LogP contribution in [0.4, 0.5) is 0 Å². The number of nitrogens with one attached hydrogen (secondary N) is 2. The predicted molar refractivity (Wildman–Crippen MR) is 60.3 cm³/mol. The van der Waals surface area contributed by atoms with Crippen molar-refractivity contribution in [2.75, 3.05) is 38.4 Å². The van der Waals surface area contributed by atoms with E-state index in [1.807, 2.05) is 0 Å². The van der Waals surface area contributed by atoms with Gasteiger partial charge in [0.25, 0.3) is 0 Å². The molecule has 6 nitrogen and oxygen atoms in total. The van der Waals surface area contributed by atoms with Crippen LogP contribution in [0.25, 0.3) is 0 Å². The zero-order valence-electron chi connectivity index (χ0n) is 9.15. The Morgan fingerprint density at radius 2 is 1.67 bits per heavy atom. The molecule has 2 N–H and O–H groups in total. The van der Waals surface area contributed by atoms with Crippen molar-refractivity contribution in [1.29, 1.82) is 0 Å². The Kier molecular flexibility index (Phi) is 5.71. The van der Waals surface area contributed by atoms with Crippen LogP contribution in [0, 0.1) is 0 Å². The van der Waals surface area contributed by atoms with Crippen LogP contribution in [0.15, 0.2) is 0 Å². The standard InChI is InChI=1S/C7H18N2O4S2/c1-8-6-7(15(3,12)13)9-4-5-14(2,10)11/h7-9H,4-6H2,1-3H3. The van der Waals surface area contributed by atoms with E-state index < -0.39 is 25.0 Å². The summed E-state index contributed by atoms with van der Waals surface area (Å²) in [6.45, 7) is 0.390. The van der Waals surface area contributed by atoms with Gasteiger partial charge in [-0.1, -0.05) is 0 Å². The number of rotatable bonds is 7. The maximum absolute atomic E-state index is 11.2. The zero-order chi connectivity index (χ0) is 12.1. The molecular weight excluding hydrogens is 240 g/mol. The van der Waals surface area contributed by atoms with E-state index in [0.717, 1.165) is 12.5 Å². The molecule has 0 aromatic heterocycles. The summed E-state index contributed by atoms with van der Waals surface area (Å²) in [5.74, 6) is -0.0667. The van der Waals surface area contributed by atoms with Crippen molar-refractivity contribution in [2.24, 2.45) is 0 Å². The zero-order valence-corrected chi connectivity index (χ0v) is 10.8. The van der Waals surface area contributed by atoms with Gasteiger partial charge < -0.3 is 5.32 Å². The lowest BCUT2D eigenvalue weighted by Crippen LogP contribution is -2.44. The van der Waals surface area contributed by atoms with Crippen molar-refractivity contribution < 1.29 is 16.8 Å². The lowest BCUT2D eigenvalue weighted by molar-refractivity contribution is 0.543. The van der Waals surface area contributed by atoms with E-state index in [1.165, 1.54) is 0 Å². The number of likely N-dealkylation sites (N-methyl/N-ethyl adjacent to an activating group) is 1. The van der Waals surface area contributed by atoms with Crippen molar-refractivity contribution in [3.05, 3.63) is 0 Å². The van der Waals surface area contributed by atoms with Crippen LogP contribution in [0.1, 0.15) is 0 Å². The van der Waals surface area contributed by atoms with Gasteiger partial charge in [-0.25, -0.2) is 16.8 Å². The third kappa shape index (κ3) is 7.71. The molecule has 0 heterocycles. The molecule has 0 saturated carbocycles. The fourth-order valence-corrected chi connectivity index (χ4v) is 2.34. The Labute approximate surface area is 91.3 Å².